The first-order chi connectivity index (χ1) is 14.2. The molecule has 156 valence electrons. The normalized spacial score (nSPS) is 11.3. The third kappa shape index (κ3) is 4.52. The highest BCUT2D eigenvalue weighted by Crippen LogP contribution is 2.27. The van der Waals surface area contributed by atoms with Crippen molar-refractivity contribution in [2.24, 2.45) is 0 Å². The van der Waals surface area contributed by atoms with Gasteiger partial charge in [0, 0.05) is 18.2 Å². The number of aryl methyl sites for hydroxylation is 1. The fourth-order valence-electron chi connectivity index (χ4n) is 3.26. The van der Waals surface area contributed by atoms with E-state index in [1.54, 1.807) is 17.9 Å². The number of esters is 1. The zero-order valence-corrected chi connectivity index (χ0v) is 17.9. The van der Waals surface area contributed by atoms with Crippen LogP contribution in [0.2, 0.25) is 0 Å². The van der Waals surface area contributed by atoms with Gasteiger partial charge in [0.25, 0.3) is 5.91 Å². The zero-order valence-electron chi connectivity index (χ0n) is 17.1. The van der Waals surface area contributed by atoms with Crippen LogP contribution in [0.4, 0.5) is 5.69 Å². The summed E-state index contributed by atoms with van der Waals surface area (Å²) in [6.07, 6.45) is 1.07. The summed E-state index contributed by atoms with van der Waals surface area (Å²) in [4.78, 5) is 26.9. The number of nitrogens with zero attached hydrogens (tertiary/aromatic N) is 1. The molecule has 0 radical (unpaired) electrons. The van der Waals surface area contributed by atoms with Gasteiger partial charge in [-0.2, -0.15) is 0 Å². The Morgan fingerprint density at radius 3 is 2.40 bits per heavy atom. The molecular formula is C23H23NO5S. The maximum atomic E-state index is 12.8. The van der Waals surface area contributed by atoms with E-state index >= 15 is 0 Å². The Balaban J connectivity index is 1.80. The van der Waals surface area contributed by atoms with Crippen molar-refractivity contribution in [2.45, 2.75) is 18.7 Å². The molecule has 0 N–H and O–H groups in total. The number of likely N-dealkylation sites (N-methyl/N-ethyl adjacent to an activating group) is 1. The van der Waals surface area contributed by atoms with Gasteiger partial charge in [-0.25, -0.2) is 13.2 Å². The van der Waals surface area contributed by atoms with Crippen LogP contribution in [-0.2, 0) is 19.4 Å². The lowest BCUT2D eigenvalue weighted by Crippen LogP contribution is -2.34. The van der Waals surface area contributed by atoms with Gasteiger partial charge in [0.15, 0.2) is 16.4 Å². The molecular weight excluding hydrogens is 402 g/mol. The number of hydrogen-bond acceptors (Lipinski definition) is 5. The lowest BCUT2D eigenvalue weighted by atomic mass is 10.1. The largest absolute Gasteiger partial charge is 0.452 e. The van der Waals surface area contributed by atoms with Crippen LogP contribution in [-0.4, -0.2) is 39.7 Å². The van der Waals surface area contributed by atoms with Crippen LogP contribution in [0.1, 0.15) is 22.8 Å². The number of carbonyl (C=O) groups is 2. The van der Waals surface area contributed by atoms with E-state index in [1.807, 2.05) is 49.4 Å². The van der Waals surface area contributed by atoms with Gasteiger partial charge in [-0.05, 0) is 43.0 Å². The van der Waals surface area contributed by atoms with Gasteiger partial charge in [0.1, 0.15) is 0 Å². The van der Waals surface area contributed by atoms with Crippen molar-refractivity contribution in [2.75, 3.05) is 24.3 Å². The minimum absolute atomic E-state index is 0.0253. The van der Waals surface area contributed by atoms with E-state index in [1.165, 1.54) is 12.1 Å². The molecule has 0 heterocycles. The Hall–Kier alpha value is -3.19. The van der Waals surface area contributed by atoms with Crippen molar-refractivity contribution in [3.05, 3.63) is 71.8 Å². The van der Waals surface area contributed by atoms with Crippen LogP contribution in [0.5, 0.6) is 0 Å². The van der Waals surface area contributed by atoms with E-state index in [0.717, 1.165) is 22.7 Å². The van der Waals surface area contributed by atoms with E-state index in [4.69, 9.17) is 4.74 Å². The van der Waals surface area contributed by atoms with Crippen molar-refractivity contribution in [1.82, 2.24) is 0 Å². The second-order valence-corrected chi connectivity index (χ2v) is 8.98. The van der Waals surface area contributed by atoms with E-state index in [2.05, 4.69) is 0 Å². The predicted molar refractivity (Wildman–Crippen MR) is 117 cm³/mol. The number of sulfone groups is 1. The summed E-state index contributed by atoms with van der Waals surface area (Å²) in [7, 11) is -3.46. The van der Waals surface area contributed by atoms with Crippen LogP contribution in [0.3, 0.4) is 0 Å². The average Bonchev–Trinajstić information content (AvgIpc) is 2.72. The second-order valence-electron chi connectivity index (χ2n) is 6.96. The van der Waals surface area contributed by atoms with E-state index < -0.39 is 22.4 Å². The summed E-state index contributed by atoms with van der Waals surface area (Å²) in [5.74, 6) is -1.10. The smallest absolute Gasteiger partial charge is 0.338 e. The van der Waals surface area contributed by atoms with Gasteiger partial charge in [-0.15, -0.1) is 0 Å². The number of amides is 1. The molecule has 3 rings (SSSR count). The molecule has 3 aromatic carbocycles. The summed E-state index contributed by atoms with van der Waals surface area (Å²) >= 11 is 0. The molecule has 30 heavy (non-hydrogen) atoms. The summed E-state index contributed by atoms with van der Waals surface area (Å²) in [5.41, 5.74) is 1.44. The molecule has 7 heteroatoms. The van der Waals surface area contributed by atoms with Crippen molar-refractivity contribution < 1.29 is 22.7 Å². The Morgan fingerprint density at radius 2 is 1.70 bits per heavy atom. The maximum Gasteiger partial charge on any atom is 0.338 e. The highest BCUT2D eigenvalue weighted by atomic mass is 32.2. The minimum atomic E-state index is -3.46. The third-order valence-corrected chi connectivity index (χ3v) is 5.97. The number of ether oxygens (including phenoxy) is 1. The Labute approximate surface area is 176 Å². The maximum absolute atomic E-state index is 12.8. The molecule has 0 saturated heterocycles. The average molecular weight is 426 g/mol. The highest BCUT2D eigenvalue weighted by molar-refractivity contribution is 7.90. The Bertz CT molecular complexity index is 1210. The number of anilines is 1. The van der Waals surface area contributed by atoms with Gasteiger partial charge in [0.05, 0.1) is 16.1 Å². The first-order valence-corrected chi connectivity index (χ1v) is 11.4. The molecule has 6 nitrogen and oxygen atoms in total. The van der Waals surface area contributed by atoms with Gasteiger partial charge in [0.2, 0.25) is 0 Å². The van der Waals surface area contributed by atoms with E-state index in [-0.39, 0.29) is 16.4 Å². The summed E-state index contributed by atoms with van der Waals surface area (Å²) in [6, 6.07) is 17.7. The van der Waals surface area contributed by atoms with Gasteiger partial charge >= 0.3 is 5.97 Å². The highest BCUT2D eigenvalue weighted by Gasteiger charge is 2.20. The first-order valence-electron chi connectivity index (χ1n) is 9.48. The number of hydrogen-bond donors (Lipinski definition) is 0. The molecule has 3 aromatic rings. The third-order valence-electron chi connectivity index (χ3n) is 4.86. The van der Waals surface area contributed by atoms with Crippen molar-refractivity contribution >= 4 is 38.2 Å². The Morgan fingerprint density at radius 1 is 1.00 bits per heavy atom. The van der Waals surface area contributed by atoms with E-state index in [0.29, 0.717) is 12.1 Å². The molecule has 0 aliphatic rings. The van der Waals surface area contributed by atoms with Gasteiger partial charge in [-0.1, -0.05) is 42.5 Å². The SMILES string of the molecule is CCN(C(=O)COC(=O)c1cc(S(C)(=O)=O)ccc1C)c1cccc2ccccc12. The molecule has 0 aliphatic carbocycles. The van der Waals surface area contributed by atoms with Gasteiger partial charge in [-0.3, -0.25) is 4.79 Å². The number of fused-ring (bicyclic) bond motifs is 1. The fraction of sp³-hybridized carbons (Fsp3) is 0.217. The van der Waals surface area contributed by atoms with Crippen molar-refractivity contribution in [1.29, 1.82) is 0 Å². The molecule has 0 aromatic heterocycles. The number of rotatable bonds is 6. The zero-order chi connectivity index (χ0) is 21.9. The molecule has 0 atom stereocenters. The van der Waals surface area contributed by atoms with Crippen molar-refractivity contribution in [3.63, 3.8) is 0 Å². The molecule has 0 unspecified atom stereocenters. The monoisotopic (exact) mass is 425 g/mol. The molecule has 0 saturated carbocycles. The molecule has 1 amide bonds. The predicted octanol–water partition coefficient (Wildman–Crippen LogP) is 3.76. The molecule has 0 bridgehead atoms. The molecule has 0 fully saturated rings. The lowest BCUT2D eigenvalue weighted by Gasteiger charge is -2.22. The molecule has 0 spiro atoms. The fourth-order valence-corrected chi connectivity index (χ4v) is 3.91. The molecule has 0 aliphatic heterocycles. The Kier molecular flexibility index (Phi) is 6.22. The van der Waals surface area contributed by atoms with Crippen LogP contribution < -0.4 is 4.90 Å². The lowest BCUT2D eigenvalue weighted by molar-refractivity contribution is -0.121. The minimum Gasteiger partial charge on any atom is -0.452 e. The number of benzene rings is 3. The standard InChI is InChI=1S/C23H23NO5S/c1-4-24(21-11-7-9-17-8-5-6-10-19(17)21)22(25)15-29-23(26)20-14-18(30(3,27)28)13-12-16(20)2/h5-14H,4,15H2,1-3H3. The summed E-state index contributed by atoms with van der Waals surface area (Å²) in [6.45, 7) is 3.49. The topological polar surface area (TPSA) is 80.8 Å². The number of carbonyl (C=O) groups excluding carboxylic acids is 2. The van der Waals surface area contributed by atoms with Crippen LogP contribution in [0, 0.1) is 6.92 Å². The summed E-state index contributed by atoms with van der Waals surface area (Å²) in [5, 5.41) is 1.93. The van der Waals surface area contributed by atoms with Crippen LogP contribution in [0.15, 0.2) is 65.6 Å². The summed E-state index contributed by atoms with van der Waals surface area (Å²) < 4.78 is 28.8. The van der Waals surface area contributed by atoms with E-state index in [9.17, 15) is 18.0 Å². The van der Waals surface area contributed by atoms with Crippen LogP contribution in [0.25, 0.3) is 10.8 Å². The first kappa shape index (κ1) is 21.5. The van der Waals surface area contributed by atoms with Crippen molar-refractivity contribution in [3.8, 4) is 0 Å². The van der Waals surface area contributed by atoms with Crippen LogP contribution >= 0.6 is 0 Å². The second kappa shape index (κ2) is 8.67. The quantitative estimate of drug-likeness (QED) is 0.562. The van der Waals surface area contributed by atoms with Gasteiger partial charge < -0.3 is 9.64 Å².